The van der Waals surface area contributed by atoms with Gasteiger partial charge in [-0.15, -0.1) is 0 Å². The average Bonchev–Trinajstić information content (AvgIpc) is 1.95. The number of aliphatic carboxylic acids is 1. The summed E-state index contributed by atoms with van der Waals surface area (Å²) in [6, 6.07) is 0. The quantitative estimate of drug-likeness (QED) is 0.640. The molecular weight excluding hydrogens is 237 g/mol. The Kier molecular flexibility index (Phi) is 3.15. The lowest BCUT2D eigenvalue weighted by Gasteiger charge is -2.53. The van der Waals surface area contributed by atoms with Crippen molar-refractivity contribution in [2.24, 2.45) is 5.41 Å². The van der Waals surface area contributed by atoms with Crippen molar-refractivity contribution in [1.82, 2.24) is 5.32 Å². The predicted molar refractivity (Wildman–Crippen MR) is 43.2 cm³/mol. The number of alkyl halides is 5. The fourth-order valence-electron chi connectivity index (χ4n) is 1.77. The maximum absolute atomic E-state index is 12.2. The number of nitrogens with one attached hydrogen (secondary N) is 1. The highest BCUT2D eigenvalue weighted by Crippen LogP contribution is 2.53. The van der Waals surface area contributed by atoms with Gasteiger partial charge in [0.05, 0.1) is 0 Å². The van der Waals surface area contributed by atoms with Gasteiger partial charge in [0.2, 0.25) is 5.92 Å². The minimum atomic E-state index is -5.08. The van der Waals surface area contributed by atoms with Crippen LogP contribution in [0.1, 0.15) is 12.8 Å². The Labute approximate surface area is 87.6 Å². The van der Waals surface area contributed by atoms with Crippen LogP contribution in [0.5, 0.6) is 0 Å². The number of carbonyl (C=O) groups is 1. The first-order valence-electron chi connectivity index (χ1n) is 4.45. The monoisotopic (exact) mass is 247 g/mol. The van der Waals surface area contributed by atoms with Gasteiger partial charge in [0.1, 0.15) is 0 Å². The minimum absolute atomic E-state index is 0.0174. The van der Waals surface area contributed by atoms with Crippen LogP contribution in [-0.2, 0) is 4.79 Å². The van der Waals surface area contributed by atoms with Crippen molar-refractivity contribution < 1.29 is 31.9 Å². The second-order valence-corrected chi connectivity index (χ2v) is 4.12. The zero-order valence-electron chi connectivity index (χ0n) is 8.07. The SMILES string of the molecule is FC1(F)CC2(CNC2)C1.O=C(O)C(F)(F)F. The van der Waals surface area contributed by atoms with Crippen molar-refractivity contribution in [2.45, 2.75) is 24.9 Å². The van der Waals surface area contributed by atoms with Gasteiger partial charge < -0.3 is 10.4 Å². The Hall–Kier alpha value is -0.920. The lowest BCUT2D eigenvalue weighted by molar-refractivity contribution is -0.192. The number of carboxylic acid groups (broad SMARTS) is 1. The third-order valence-electron chi connectivity index (χ3n) is 2.51. The third-order valence-corrected chi connectivity index (χ3v) is 2.51. The summed E-state index contributed by atoms with van der Waals surface area (Å²) >= 11 is 0. The summed E-state index contributed by atoms with van der Waals surface area (Å²) in [4.78, 5) is 8.90. The molecule has 8 heteroatoms. The molecule has 0 aromatic rings. The summed E-state index contributed by atoms with van der Waals surface area (Å²) in [6.45, 7) is 1.62. The molecule has 0 atom stereocenters. The van der Waals surface area contributed by atoms with Gasteiger partial charge in [0, 0.05) is 31.3 Å². The first-order chi connectivity index (χ1) is 7.06. The number of carboxylic acids is 1. The molecule has 16 heavy (non-hydrogen) atoms. The zero-order valence-corrected chi connectivity index (χ0v) is 8.07. The van der Waals surface area contributed by atoms with Crippen molar-refractivity contribution in [3.63, 3.8) is 0 Å². The van der Waals surface area contributed by atoms with Crippen LogP contribution >= 0.6 is 0 Å². The van der Waals surface area contributed by atoms with E-state index in [0.717, 1.165) is 13.1 Å². The molecule has 2 aliphatic rings. The van der Waals surface area contributed by atoms with E-state index in [1.165, 1.54) is 0 Å². The van der Waals surface area contributed by atoms with E-state index in [9.17, 15) is 22.0 Å². The lowest BCUT2D eigenvalue weighted by Crippen LogP contribution is -2.64. The Morgan fingerprint density at radius 3 is 1.62 bits per heavy atom. The molecule has 1 saturated carbocycles. The third kappa shape index (κ3) is 3.03. The second-order valence-electron chi connectivity index (χ2n) is 4.12. The zero-order chi connectivity index (χ0) is 12.6. The fourth-order valence-corrected chi connectivity index (χ4v) is 1.77. The molecule has 2 N–H and O–H groups in total. The summed E-state index contributed by atoms with van der Waals surface area (Å²) in [5, 5.41) is 10.1. The average molecular weight is 247 g/mol. The van der Waals surface area contributed by atoms with Gasteiger partial charge in [-0.2, -0.15) is 13.2 Å². The molecule has 94 valence electrons. The van der Waals surface area contributed by atoms with E-state index >= 15 is 0 Å². The van der Waals surface area contributed by atoms with Gasteiger partial charge >= 0.3 is 12.1 Å². The summed E-state index contributed by atoms with van der Waals surface area (Å²) in [5.41, 5.74) is 0.0174. The first kappa shape index (κ1) is 13.1. The predicted octanol–water partition coefficient (Wildman–Crippen LogP) is 1.64. The molecule has 1 spiro atoms. The van der Waals surface area contributed by atoms with E-state index in [1.54, 1.807) is 0 Å². The number of hydrogen-bond acceptors (Lipinski definition) is 2. The van der Waals surface area contributed by atoms with Gasteiger partial charge in [-0.05, 0) is 0 Å². The van der Waals surface area contributed by atoms with Crippen molar-refractivity contribution in [3.8, 4) is 0 Å². The van der Waals surface area contributed by atoms with Gasteiger partial charge in [-0.25, -0.2) is 13.6 Å². The van der Waals surface area contributed by atoms with Crippen LogP contribution in [0.25, 0.3) is 0 Å². The van der Waals surface area contributed by atoms with E-state index in [0.29, 0.717) is 0 Å². The van der Waals surface area contributed by atoms with Crippen molar-refractivity contribution in [1.29, 1.82) is 0 Å². The molecule has 0 aromatic carbocycles. The van der Waals surface area contributed by atoms with Gasteiger partial charge in [-0.3, -0.25) is 0 Å². The van der Waals surface area contributed by atoms with Crippen molar-refractivity contribution in [2.75, 3.05) is 13.1 Å². The molecule has 1 saturated heterocycles. The molecule has 0 aromatic heterocycles. The highest BCUT2D eigenvalue weighted by molar-refractivity contribution is 5.73. The molecule has 0 radical (unpaired) electrons. The van der Waals surface area contributed by atoms with Crippen LogP contribution in [0.15, 0.2) is 0 Å². The fraction of sp³-hybridized carbons (Fsp3) is 0.875. The largest absolute Gasteiger partial charge is 0.490 e. The van der Waals surface area contributed by atoms with Crippen molar-refractivity contribution >= 4 is 5.97 Å². The maximum atomic E-state index is 12.2. The smallest absolute Gasteiger partial charge is 0.475 e. The summed E-state index contributed by atoms with van der Waals surface area (Å²) in [6.07, 6.45) is -4.85. The minimum Gasteiger partial charge on any atom is -0.475 e. The molecule has 0 bridgehead atoms. The molecule has 1 heterocycles. The number of rotatable bonds is 0. The summed E-state index contributed by atoms with van der Waals surface area (Å²) in [5.74, 6) is -5.09. The molecule has 0 amide bonds. The van der Waals surface area contributed by atoms with E-state index in [4.69, 9.17) is 9.90 Å². The normalized spacial score (nSPS) is 24.8. The summed E-state index contributed by atoms with van der Waals surface area (Å²) < 4.78 is 56.2. The van der Waals surface area contributed by atoms with Gasteiger partial charge in [-0.1, -0.05) is 0 Å². The van der Waals surface area contributed by atoms with Gasteiger partial charge in [0.15, 0.2) is 0 Å². The van der Waals surface area contributed by atoms with Crippen LogP contribution < -0.4 is 5.32 Å². The number of halogens is 5. The molecule has 1 aliphatic heterocycles. The highest BCUT2D eigenvalue weighted by atomic mass is 19.4. The first-order valence-corrected chi connectivity index (χ1v) is 4.45. The van der Waals surface area contributed by atoms with E-state index < -0.39 is 18.1 Å². The second kappa shape index (κ2) is 3.83. The standard InChI is InChI=1S/C6H9F2N.C2HF3O2/c7-6(8)1-5(2-6)3-9-4-5;3-2(4,5)1(6)7/h9H,1-4H2;(H,6,7). The molecule has 3 nitrogen and oxygen atoms in total. The molecule has 0 unspecified atom stereocenters. The Bertz CT molecular complexity index is 275. The van der Waals surface area contributed by atoms with Crippen LogP contribution in [0.2, 0.25) is 0 Å². The van der Waals surface area contributed by atoms with Gasteiger partial charge in [0.25, 0.3) is 0 Å². The molecular formula is C8H10F5NO2. The molecule has 2 rings (SSSR count). The van der Waals surface area contributed by atoms with Crippen LogP contribution in [0.3, 0.4) is 0 Å². The molecule has 1 aliphatic carbocycles. The van der Waals surface area contributed by atoms with E-state index in [1.807, 2.05) is 0 Å². The van der Waals surface area contributed by atoms with E-state index in [-0.39, 0.29) is 18.3 Å². The Morgan fingerprint density at radius 1 is 1.19 bits per heavy atom. The van der Waals surface area contributed by atoms with E-state index in [2.05, 4.69) is 5.32 Å². The lowest BCUT2D eigenvalue weighted by atomic mass is 9.62. The van der Waals surface area contributed by atoms with Crippen molar-refractivity contribution in [3.05, 3.63) is 0 Å². The van der Waals surface area contributed by atoms with Crippen LogP contribution in [0.4, 0.5) is 22.0 Å². The maximum Gasteiger partial charge on any atom is 0.490 e. The highest BCUT2D eigenvalue weighted by Gasteiger charge is 2.58. The Balaban J connectivity index is 0.000000168. The topological polar surface area (TPSA) is 49.3 Å². The van der Waals surface area contributed by atoms with Crippen LogP contribution in [0, 0.1) is 5.41 Å². The molecule has 2 fully saturated rings. The van der Waals surface area contributed by atoms with Crippen LogP contribution in [-0.4, -0.2) is 36.3 Å². The Morgan fingerprint density at radius 2 is 1.56 bits per heavy atom. The summed E-state index contributed by atoms with van der Waals surface area (Å²) in [7, 11) is 0. The number of hydrogen-bond donors (Lipinski definition) is 2.